The van der Waals surface area contributed by atoms with Gasteiger partial charge in [0.25, 0.3) is 5.56 Å². The average molecular weight is 346 g/mol. The highest BCUT2D eigenvalue weighted by Crippen LogP contribution is 2.24. The molecule has 0 aliphatic heterocycles. The van der Waals surface area contributed by atoms with Gasteiger partial charge in [0, 0.05) is 21.8 Å². The van der Waals surface area contributed by atoms with Crippen molar-refractivity contribution in [3.05, 3.63) is 86.8 Å². The fourth-order valence-corrected chi connectivity index (χ4v) is 2.67. The molecule has 1 heterocycles. The number of aromatic hydroxyl groups is 1. The van der Waals surface area contributed by atoms with Crippen molar-refractivity contribution in [2.24, 2.45) is 0 Å². The maximum absolute atomic E-state index is 12.2. The van der Waals surface area contributed by atoms with E-state index in [0.29, 0.717) is 10.0 Å². The zero-order valence-electron chi connectivity index (χ0n) is 12.0. The Balaban J connectivity index is 2.05. The number of benzene rings is 2. The molecule has 0 spiro atoms. The van der Waals surface area contributed by atoms with E-state index in [4.69, 9.17) is 23.2 Å². The molecule has 0 radical (unpaired) electrons. The molecule has 0 saturated heterocycles. The first-order valence-corrected chi connectivity index (χ1v) is 7.73. The third kappa shape index (κ3) is 3.41. The minimum atomic E-state index is -0.456. The summed E-state index contributed by atoms with van der Waals surface area (Å²) in [4.78, 5) is 12.2. The van der Waals surface area contributed by atoms with Gasteiger partial charge in [-0.2, -0.15) is 0 Å². The summed E-state index contributed by atoms with van der Waals surface area (Å²) in [6, 6.07) is 15.9. The number of aromatic nitrogens is 1. The van der Waals surface area contributed by atoms with Crippen LogP contribution in [0.1, 0.15) is 5.56 Å². The lowest BCUT2D eigenvalue weighted by Gasteiger charge is -2.11. The van der Waals surface area contributed by atoms with Crippen LogP contribution in [-0.4, -0.2) is 9.67 Å². The summed E-state index contributed by atoms with van der Waals surface area (Å²) in [5, 5.41) is 11.2. The fourth-order valence-electron chi connectivity index (χ4n) is 2.35. The van der Waals surface area contributed by atoms with Crippen molar-refractivity contribution in [1.82, 2.24) is 4.57 Å². The average Bonchev–Trinajstić information content (AvgIpc) is 2.54. The van der Waals surface area contributed by atoms with Crippen LogP contribution in [0.15, 0.2) is 65.6 Å². The van der Waals surface area contributed by atoms with Crippen molar-refractivity contribution in [1.29, 1.82) is 0 Å². The number of hydrogen-bond donors (Lipinski definition) is 1. The standard InChI is InChI=1S/C18H13Cl2NO2/c19-15-7-5-12(6-8-15)14-9-17(22)18(23)21(11-14)10-13-3-1-2-4-16(13)20/h1-9,11,22H,10H2. The van der Waals surface area contributed by atoms with Gasteiger partial charge in [0.05, 0.1) is 6.54 Å². The lowest BCUT2D eigenvalue weighted by molar-refractivity contribution is 0.459. The molecule has 0 unspecified atom stereocenters. The van der Waals surface area contributed by atoms with Crippen molar-refractivity contribution >= 4 is 23.2 Å². The van der Waals surface area contributed by atoms with E-state index < -0.39 is 5.56 Å². The topological polar surface area (TPSA) is 42.2 Å². The molecule has 23 heavy (non-hydrogen) atoms. The maximum atomic E-state index is 12.2. The molecule has 3 aromatic rings. The lowest BCUT2D eigenvalue weighted by atomic mass is 10.1. The van der Waals surface area contributed by atoms with Gasteiger partial charge in [-0.05, 0) is 35.4 Å². The zero-order chi connectivity index (χ0) is 16.4. The molecule has 0 aliphatic carbocycles. The van der Waals surface area contributed by atoms with Crippen molar-refractivity contribution in [2.75, 3.05) is 0 Å². The molecule has 3 rings (SSSR count). The van der Waals surface area contributed by atoms with Gasteiger partial charge in [0.2, 0.25) is 0 Å². The normalized spacial score (nSPS) is 10.7. The number of halogens is 2. The Morgan fingerprint density at radius 1 is 0.957 bits per heavy atom. The molecule has 116 valence electrons. The Morgan fingerprint density at radius 2 is 1.65 bits per heavy atom. The zero-order valence-corrected chi connectivity index (χ0v) is 13.6. The second-order valence-corrected chi connectivity index (χ2v) is 5.99. The van der Waals surface area contributed by atoms with Crippen LogP contribution in [0, 0.1) is 0 Å². The predicted octanol–water partition coefficient (Wildman–Crippen LogP) is 4.58. The minimum Gasteiger partial charge on any atom is -0.503 e. The van der Waals surface area contributed by atoms with E-state index >= 15 is 0 Å². The highest BCUT2D eigenvalue weighted by atomic mass is 35.5. The summed E-state index contributed by atoms with van der Waals surface area (Å²) in [6.45, 7) is 0.285. The monoisotopic (exact) mass is 345 g/mol. The van der Waals surface area contributed by atoms with Crippen LogP contribution in [0.2, 0.25) is 10.0 Å². The molecule has 0 saturated carbocycles. The first-order chi connectivity index (χ1) is 11.0. The third-order valence-corrected chi connectivity index (χ3v) is 4.16. The molecule has 0 atom stereocenters. The second-order valence-electron chi connectivity index (χ2n) is 5.15. The molecule has 0 bridgehead atoms. The van der Waals surface area contributed by atoms with Crippen LogP contribution in [-0.2, 0) is 6.54 Å². The molecule has 0 amide bonds. The Kier molecular flexibility index (Phi) is 4.42. The second kappa shape index (κ2) is 6.49. The van der Waals surface area contributed by atoms with Crippen LogP contribution in [0.5, 0.6) is 5.75 Å². The lowest BCUT2D eigenvalue weighted by Crippen LogP contribution is -2.20. The first-order valence-electron chi connectivity index (χ1n) is 6.97. The van der Waals surface area contributed by atoms with Crippen LogP contribution in [0.3, 0.4) is 0 Å². The van der Waals surface area contributed by atoms with Crippen molar-refractivity contribution in [2.45, 2.75) is 6.54 Å². The summed E-state index contributed by atoms with van der Waals surface area (Å²) < 4.78 is 1.44. The molecule has 1 aromatic heterocycles. The smallest absolute Gasteiger partial charge is 0.292 e. The SMILES string of the molecule is O=c1c(O)cc(-c2ccc(Cl)cc2)cn1Cc1ccccc1Cl. The Bertz CT molecular complexity index is 902. The summed E-state index contributed by atoms with van der Waals surface area (Å²) in [6.07, 6.45) is 1.70. The van der Waals surface area contributed by atoms with E-state index in [1.807, 2.05) is 30.3 Å². The van der Waals surface area contributed by atoms with Gasteiger partial charge in [-0.3, -0.25) is 4.79 Å². The molecule has 0 fully saturated rings. The molecular weight excluding hydrogens is 333 g/mol. The molecule has 1 N–H and O–H groups in total. The summed E-state index contributed by atoms with van der Waals surface area (Å²) >= 11 is 12.0. The number of pyridine rings is 1. The first kappa shape index (κ1) is 15.7. The highest BCUT2D eigenvalue weighted by Gasteiger charge is 2.09. The van der Waals surface area contributed by atoms with E-state index in [1.165, 1.54) is 10.6 Å². The van der Waals surface area contributed by atoms with Crippen LogP contribution in [0.25, 0.3) is 11.1 Å². The number of hydrogen-bond acceptors (Lipinski definition) is 2. The van der Waals surface area contributed by atoms with Crippen molar-refractivity contribution < 1.29 is 5.11 Å². The third-order valence-electron chi connectivity index (χ3n) is 3.54. The molecule has 3 nitrogen and oxygen atoms in total. The molecule has 2 aromatic carbocycles. The Morgan fingerprint density at radius 3 is 2.35 bits per heavy atom. The maximum Gasteiger partial charge on any atom is 0.292 e. The highest BCUT2D eigenvalue weighted by molar-refractivity contribution is 6.31. The van der Waals surface area contributed by atoms with Gasteiger partial charge in [-0.25, -0.2) is 0 Å². The van der Waals surface area contributed by atoms with Gasteiger partial charge < -0.3 is 9.67 Å². The van der Waals surface area contributed by atoms with Crippen LogP contribution < -0.4 is 5.56 Å². The largest absolute Gasteiger partial charge is 0.503 e. The van der Waals surface area contributed by atoms with Gasteiger partial charge in [0.1, 0.15) is 0 Å². The number of nitrogens with zero attached hydrogens (tertiary/aromatic N) is 1. The molecule has 0 aliphatic rings. The van der Waals surface area contributed by atoms with E-state index in [-0.39, 0.29) is 12.3 Å². The van der Waals surface area contributed by atoms with Gasteiger partial charge in [0.15, 0.2) is 5.75 Å². The predicted molar refractivity (Wildman–Crippen MR) is 93.4 cm³/mol. The van der Waals surface area contributed by atoms with Crippen molar-refractivity contribution in [3.63, 3.8) is 0 Å². The minimum absolute atomic E-state index is 0.285. The molecule has 5 heteroatoms. The Labute approximate surface area is 143 Å². The van der Waals surface area contributed by atoms with Crippen molar-refractivity contribution in [3.8, 4) is 16.9 Å². The number of rotatable bonds is 3. The van der Waals surface area contributed by atoms with Crippen LogP contribution in [0.4, 0.5) is 0 Å². The van der Waals surface area contributed by atoms with E-state index in [1.54, 1.807) is 24.4 Å². The van der Waals surface area contributed by atoms with E-state index in [0.717, 1.165) is 16.7 Å². The summed E-state index contributed by atoms with van der Waals surface area (Å²) in [7, 11) is 0. The Hall–Kier alpha value is -2.23. The summed E-state index contributed by atoms with van der Waals surface area (Å²) in [5.74, 6) is -0.301. The van der Waals surface area contributed by atoms with Gasteiger partial charge in [-0.1, -0.05) is 53.5 Å². The quantitative estimate of drug-likeness (QED) is 0.755. The fraction of sp³-hybridized carbons (Fsp3) is 0.0556. The van der Waals surface area contributed by atoms with Crippen LogP contribution >= 0.6 is 23.2 Å². The molecular formula is C18H13Cl2NO2. The van der Waals surface area contributed by atoms with E-state index in [2.05, 4.69) is 0 Å². The van der Waals surface area contributed by atoms with Gasteiger partial charge >= 0.3 is 0 Å². The van der Waals surface area contributed by atoms with Gasteiger partial charge in [-0.15, -0.1) is 0 Å². The summed E-state index contributed by atoms with van der Waals surface area (Å²) in [5.41, 5.74) is 1.94. The van der Waals surface area contributed by atoms with E-state index in [9.17, 15) is 9.90 Å².